The smallest absolute Gasteiger partial charge is 0.261 e. The van der Waals surface area contributed by atoms with Crippen molar-refractivity contribution in [2.45, 2.75) is 78.4 Å². The topological polar surface area (TPSA) is 58.6 Å². The average Bonchev–Trinajstić information content (AvgIpc) is 2.78. The molecule has 2 rings (SSSR count). The Hall–Kier alpha value is -2.53. The number of hydrogen-bond acceptors (Lipinski definition) is 3. The molecule has 6 heteroatoms. The summed E-state index contributed by atoms with van der Waals surface area (Å²) in [5.74, 6) is 0.236. The van der Waals surface area contributed by atoms with Crippen LogP contribution in [0.3, 0.4) is 0 Å². The third-order valence-corrected chi connectivity index (χ3v) is 5.99. The van der Waals surface area contributed by atoms with Crippen LogP contribution in [0.1, 0.15) is 65.5 Å². The van der Waals surface area contributed by atoms with Gasteiger partial charge >= 0.3 is 0 Å². The molecule has 0 saturated carbocycles. The van der Waals surface area contributed by atoms with Crippen molar-refractivity contribution in [1.29, 1.82) is 0 Å². The van der Waals surface area contributed by atoms with Crippen molar-refractivity contribution < 1.29 is 14.3 Å². The first-order valence-corrected chi connectivity index (χ1v) is 12.0. The fourth-order valence-corrected chi connectivity index (χ4v) is 3.55. The van der Waals surface area contributed by atoms with E-state index in [0.717, 1.165) is 12.0 Å². The summed E-state index contributed by atoms with van der Waals surface area (Å²) in [5, 5.41) is 3.64. The third kappa shape index (κ3) is 8.08. The molecule has 1 N–H and O–H groups in total. The predicted molar refractivity (Wildman–Crippen MR) is 135 cm³/mol. The molecule has 2 aromatic rings. The first-order chi connectivity index (χ1) is 15.5. The Morgan fingerprint density at radius 1 is 1.00 bits per heavy atom. The van der Waals surface area contributed by atoms with Crippen LogP contribution in [-0.4, -0.2) is 35.4 Å². The molecule has 0 spiro atoms. The Morgan fingerprint density at radius 3 is 2.12 bits per heavy atom. The van der Waals surface area contributed by atoms with Crippen LogP contribution in [0.5, 0.6) is 5.75 Å². The Kier molecular flexibility index (Phi) is 9.78. The highest BCUT2D eigenvalue weighted by molar-refractivity contribution is 6.30. The number of nitrogens with zero attached hydrogens (tertiary/aromatic N) is 1. The average molecular weight is 473 g/mol. The molecule has 5 nitrogen and oxygen atoms in total. The van der Waals surface area contributed by atoms with Crippen molar-refractivity contribution in [2.75, 3.05) is 6.61 Å². The number of nitrogens with one attached hydrogen (secondary N) is 1. The number of carbonyl (C=O) groups is 2. The van der Waals surface area contributed by atoms with Gasteiger partial charge in [-0.2, -0.15) is 0 Å². The highest BCUT2D eigenvalue weighted by Gasteiger charge is 2.29. The Morgan fingerprint density at radius 2 is 1.61 bits per heavy atom. The van der Waals surface area contributed by atoms with Gasteiger partial charge in [-0.05, 0) is 60.6 Å². The maximum Gasteiger partial charge on any atom is 0.261 e. The number of rotatable bonds is 10. The monoisotopic (exact) mass is 472 g/mol. The number of benzene rings is 2. The highest BCUT2D eigenvalue weighted by atomic mass is 35.5. The summed E-state index contributed by atoms with van der Waals surface area (Å²) in [5.41, 5.74) is 2.14. The second kappa shape index (κ2) is 12.1. The van der Waals surface area contributed by atoms with Gasteiger partial charge < -0.3 is 15.0 Å². The summed E-state index contributed by atoms with van der Waals surface area (Å²) in [7, 11) is 0. The lowest BCUT2D eigenvalue weighted by atomic mass is 9.87. The van der Waals surface area contributed by atoms with E-state index in [9.17, 15) is 9.59 Å². The zero-order chi connectivity index (χ0) is 24.6. The van der Waals surface area contributed by atoms with Gasteiger partial charge in [0.15, 0.2) is 6.61 Å². The molecule has 0 bridgehead atoms. The van der Waals surface area contributed by atoms with Gasteiger partial charge in [-0.1, -0.05) is 70.5 Å². The standard InChI is InChI=1S/C27H37ClN2O3/c1-7-19(3)29-26(32)24(8-2)30(17-20-9-13-22(28)14-10-20)25(31)18-33-23-15-11-21(12-16-23)27(4,5)6/h9-16,19,24H,7-8,17-18H2,1-6H3,(H,29,32)/t19-,24-/m1/s1. The number of halogens is 1. The molecule has 0 fully saturated rings. The van der Waals surface area contributed by atoms with E-state index >= 15 is 0 Å². The summed E-state index contributed by atoms with van der Waals surface area (Å²) >= 11 is 6.02. The van der Waals surface area contributed by atoms with Gasteiger partial charge in [-0.25, -0.2) is 0 Å². The van der Waals surface area contributed by atoms with Gasteiger partial charge in [-0.3, -0.25) is 9.59 Å². The second-order valence-corrected chi connectivity index (χ2v) is 9.89. The van der Waals surface area contributed by atoms with E-state index in [4.69, 9.17) is 16.3 Å². The van der Waals surface area contributed by atoms with E-state index < -0.39 is 6.04 Å². The van der Waals surface area contributed by atoms with Gasteiger partial charge in [0.2, 0.25) is 5.91 Å². The summed E-state index contributed by atoms with van der Waals surface area (Å²) in [6, 6.07) is 14.5. The molecular formula is C27H37ClN2O3. The van der Waals surface area contributed by atoms with Gasteiger partial charge in [0, 0.05) is 17.6 Å². The van der Waals surface area contributed by atoms with Crippen LogP contribution in [0.15, 0.2) is 48.5 Å². The van der Waals surface area contributed by atoms with Crippen molar-refractivity contribution in [3.63, 3.8) is 0 Å². The van der Waals surface area contributed by atoms with Gasteiger partial charge in [-0.15, -0.1) is 0 Å². The zero-order valence-electron chi connectivity index (χ0n) is 20.7. The molecule has 0 heterocycles. The van der Waals surface area contributed by atoms with Crippen molar-refractivity contribution in [3.8, 4) is 5.75 Å². The van der Waals surface area contributed by atoms with Gasteiger partial charge in [0.1, 0.15) is 11.8 Å². The van der Waals surface area contributed by atoms with E-state index in [2.05, 4.69) is 26.1 Å². The van der Waals surface area contributed by atoms with E-state index in [0.29, 0.717) is 23.7 Å². The maximum atomic E-state index is 13.3. The number of ether oxygens (including phenoxy) is 1. The summed E-state index contributed by atoms with van der Waals surface area (Å²) in [6.45, 7) is 12.5. The first-order valence-electron chi connectivity index (χ1n) is 11.6. The Bertz CT molecular complexity index is 904. The lowest BCUT2D eigenvalue weighted by molar-refractivity contribution is -0.143. The van der Waals surface area contributed by atoms with Crippen molar-refractivity contribution in [2.24, 2.45) is 0 Å². The lowest BCUT2D eigenvalue weighted by Gasteiger charge is -2.31. The van der Waals surface area contributed by atoms with E-state index in [-0.39, 0.29) is 29.9 Å². The fourth-order valence-electron chi connectivity index (χ4n) is 3.43. The normalized spacial score (nSPS) is 13.2. The van der Waals surface area contributed by atoms with Crippen LogP contribution in [0.2, 0.25) is 5.02 Å². The van der Waals surface area contributed by atoms with Crippen LogP contribution < -0.4 is 10.1 Å². The molecular weight excluding hydrogens is 436 g/mol. The van der Waals surface area contributed by atoms with Crippen LogP contribution in [0.4, 0.5) is 0 Å². The molecule has 0 saturated heterocycles. The maximum absolute atomic E-state index is 13.3. The van der Waals surface area contributed by atoms with E-state index in [1.54, 1.807) is 17.0 Å². The second-order valence-electron chi connectivity index (χ2n) is 9.45. The SMILES string of the molecule is CC[C@@H](C)NC(=O)[C@@H](CC)N(Cc1ccc(Cl)cc1)C(=O)COc1ccc(C(C)(C)C)cc1. The molecule has 0 unspecified atom stereocenters. The number of carbonyl (C=O) groups excluding carboxylic acids is 2. The Labute approximate surface area is 203 Å². The van der Waals surface area contributed by atoms with Crippen LogP contribution >= 0.6 is 11.6 Å². The number of amides is 2. The molecule has 0 aliphatic carbocycles. The minimum atomic E-state index is -0.589. The Balaban J connectivity index is 2.19. The van der Waals surface area contributed by atoms with Crippen molar-refractivity contribution in [1.82, 2.24) is 10.2 Å². The molecule has 180 valence electrons. The lowest BCUT2D eigenvalue weighted by Crippen LogP contribution is -2.51. The third-order valence-electron chi connectivity index (χ3n) is 5.74. The van der Waals surface area contributed by atoms with Crippen LogP contribution in [0, 0.1) is 0 Å². The van der Waals surface area contributed by atoms with Crippen molar-refractivity contribution in [3.05, 3.63) is 64.7 Å². The summed E-state index contributed by atoms with van der Waals surface area (Å²) in [4.78, 5) is 27.8. The molecule has 33 heavy (non-hydrogen) atoms. The fraction of sp³-hybridized carbons (Fsp3) is 0.481. The van der Waals surface area contributed by atoms with Crippen LogP contribution in [0.25, 0.3) is 0 Å². The van der Waals surface area contributed by atoms with E-state index in [1.165, 1.54) is 5.56 Å². The van der Waals surface area contributed by atoms with Gasteiger partial charge in [0.05, 0.1) is 0 Å². The molecule has 0 radical (unpaired) electrons. The minimum Gasteiger partial charge on any atom is -0.484 e. The zero-order valence-corrected chi connectivity index (χ0v) is 21.4. The van der Waals surface area contributed by atoms with Gasteiger partial charge in [0.25, 0.3) is 5.91 Å². The molecule has 0 aromatic heterocycles. The molecule has 0 aliphatic heterocycles. The van der Waals surface area contributed by atoms with Crippen LogP contribution in [-0.2, 0) is 21.5 Å². The largest absolute Gasteiger partial charge is 0.484 e. The highest BCUT2D eigenvalue weighted by Crippen LogP contribution is 2.24. The first kappa shape index (κ1) is 26.7. The molecule has 2 amide bonds. The molecule has 2 atom stereocenters. The number of hydrogen-bond donors (Lipinski definition) is 1. The van der Waals surface area contributed by atoms with E-state index in [1.807, 2.05) is 57.2 Å². The predicted octanol–water partition coefficient (Wildman–Crippen LogP) is 5.74. The molecule has 0 aliphatic rings. The quantitative estimate of drug-likeness (QED) is 0.479. The summed E-state index contributed by atoms with van der Waals surface area (Å²) < 4.78 is 5.81. The minimum absolute atomic E-state index is 0.0385. The van der Waals surface area contributed by atoms with Crippen molar-refractivity contribution >= 4 is 23.4 Å². The molecule has 2 aromatic carbocycles. The summed E-state index contributed by atoms with van der Waals surface area (Å²) in [6.07, 6.45) is 1.32.